The molecule has 5 heteroatoms. The summed E-state index contributed by atoms with van der Waals surface area (Å²) in [5.41, 5.74) is 0.978. The second-order valence-corrected chi connectivity index (χ2v) is 6.21. The van der Waals surface area contributed by atoms with Crippen LogP contribution in [0.2, 0.25) is 0 Å². The number of benzene rings is 1. The number of fused-ring (bicyclic) bond motifs is 1. The molecular weight excluding hydrogens is 276 g/mol. The highest BCUT2D eigenvalue weighted by Crippen LogP contribution is 2.21. The largest absolute Gasteiger partial charge is 0.392 e. The van der Waals surface area contributed by atoms with Gasteiger partial charge < -0.3 is 15.3 Å². The molecule has 0 amide bonds. The molecule has 0 bridgehead atoms. The van der Waals surface area contributed by atoms with Gasteiger partial charge in [-0.1, -0.05) is 12.1 Å². The van der Waals surface area contributed by atoms with E-state index < -0.39 is 0 Å². The molecule has 1 aromatic carbocycles. The minimum atomic E-state index is -0.234. The standard InChI is InChI=1S/C17H24N4O/c1-13(22)11-21-8-6-14(7-9-21)10-18-17-15-4-2-3-5-16(15)19-12-20-17/h2-5,12-14,22H,6-11H2,1H3,(H,18,19,20). The first kappa shape index (κ1) is 15.2. The molecule has 1 atom stereocenters. The number of para-hydroxylation sites is 1. The fourth-order valence-electron chi connectivity index (χ4n) is 3.13. The van der Waals surface area contributed by atoms with Gasteiger partial charge in [0.2, 0.25) is 0 Å². The van der Waals surface area contributed by atoms with Crippen molar-refractivity contribution in [2.24, 2.45) is 5.92 Å². The molecule has 0 aliphatic carbocycles. The van der Waals surface area contributed by atoms with Crippen LogP contribution in [0.15, 0.2) is 30.6 Å². The van der Waals surface area contributed by atoms with Gasteiger partial charge in [0.15, 0.2) is 0 Å². The maximum Gasteiger partial charge on any atom is 0.137 e. The number of aliphatic hydroxyl groups excluding tert-OH is 1. The zero-order valence-corrected chi connectivity index (χ0v) is 13.1. The molecule has 5 nitrogen and oxygen atoms in total. The molecular formula is C17H24N4O. The highest BCUT2D eigenvalue weighted by molar-refractivity contribution is 5.88. The van der Waals surface area contributed by atoms with Crippen molar-refractivity contribution in [1.82, 2.24) is 14.9 Å². The first-order chi connectivity index (χ1) is 10.7. The number of nitrogens with zero attached hydrogens (tertiary/aromatic N) is 3. The summed E-state index contributed by atoms with van der Waals surface area (Å²) in [5, 5.41) is 14.0. The van der Waals surface area contributed by atoms with E-state index in [4.69, 9.17) is 0 Å². The Bertz CT molecular complexity index is 603. The van der Waals surface area contributed by atoms with Gasteiger partial charge in [0.1, 0.15) is 12.1 Å². The van der Waals surface area contributed by atoms with Gasteiger partial charge in [-0.3, -0.25) is 0 Å². The van der Waals surface area contributed by atoms with Gasteiger partial charge in [-0.25, -0.2) is 9.97 Å². The number of nitrogens with one attached hydrogen (secondary N) is 1. The monoisotopic (exact) mass is 300 g/mol. The Morgan fingerprint density at radius 3 is 2.82 bits per heavy atom. The number of anilines is 1. The van der Waals surface area contributed by atoms with Crippen LogP contribution in [0.1, 0.15) is 19.8 Å². The number of hydrogen-bond donors (Lipinski definition) is 2. The first-order valence-electron chi connectivity index (χ1n) is 8.06. The van der Waals surface area contributed by atoms with Crippen molar-refractivity contribution in [2.75, 3.05) is 31.5 Å². The van der Waals surface area contributed by atoms with Crippen LogP contribution in [0.25, 0.3) is 10.9 Å². The summed E-state index contributed by atoms with van der Waals surface area (Å²) in [6.45, 7) is 5.73. The van der Waals surface area contributed by atoms with Crippen LogP contribution >= 0.6 is 0 Å². The summed E-state index contributed by atoms with van der Waals surface area (Å²) in [6, 6.07) is 8.09. The minimum absolute atomic E-state index is 0.234. The van der Waals surface area contributed by atoms with Crippen LogP contribution in [0.3, 0.4) is 0 Å². The second-order valence-electron chi connectivity index (χ2n) is 6.21. The fraction of sp³-hybridized carbons (Fsp3) is 0.529. The molecule has 2 N–H and O–H groups in total. The molecule has 1 saturated heterocycles. The van der Waals surface area contributed by atoms with Crippen molar-refractivity contribution in [3.05, 3.63) is 30.6 Å². The molecule has 118 valence electrons. The Kier molecular flexibility index (Phi) is 4.85. The zero-order valence-electron chi connectivity index (χ0n) is 13.1. The molecule has 1 fully saturated rings. The molecule has 1 aromatic heterocycles. The average molecular weight is 300 g/mol. The molecule has 0 spiro atoms. The highest BCUT2D eigenvalue weighted by atomic mass is 16.3. The van der Waals surface area contributed by atoms with Crippen LogP contribution in [0, 0.1) is 5.92 Å². The maximum atomic E-state index is 9.45. The summed E-state index contributed by atoms with van der Waals surface area (Å²) < 4.78 is 0. The van der Waals surface area contributed by atoms with Crippen LogP contribution < -0.4 is 5.32 Å². The summed E-state index contributed by atoms with van der Waals surface area (Å²) in [6.07, 6.45) is 3.73. The number of hydrogen-bond acceptors (Lipinski definition) is 5. The Morgan fingerprint density at radius 2 is 2.05 bits per heavy atom. The summed E-state index contributed by atoms with van der Waals surface area (Å²) in [4.78, 5) is 11.0. The van der Waals surface area contributed by atoms with Crippen LogP contribution in [-0.2, 0) is 0 Å². The molecule has 22 heavy (non-hydrogen) atoms. The minimum Gasteiger partial charge on any atom is -0.392 e. The lowest BCUT2D eigenvalue weighted by atomic mass is 9.96. The number of β-amino-alcohol motifs (C(OH)–C–C–N with tert-alkyl or cyclic N) is 1. The highest BCUT2D eigenvalue weighted by Gasteiger charge is 2.20. The lowest BCUT2D eigenvalue weighted by Gasteiger charge is -2.32. The van der Waals surface area contributed by atoms with E-state index in [0.717, 1.165) is 42.9 Å². The Morgan fingerprint density at radius 1 is 1.27 bits per heavy atom. The fourth-order valence-corrected chi connectivity index (χ4v) is 3.13. The van der Waals surface area contributed by atoms with E-state index in [1.54, 1.807) is 6.33 Å². The van der Waals surface area contributed by atoms with E-state index in [1.807, 2.05) is 25.1 Å². The number of likely N-dealkylation sites (tertiary alicyclic amines) is 1. The van der Waals surface area contributed by atoms with Gasteiger partial charge in [-0.15, -0.1) is 0 Å². The van der Waals surface area contributed by atoms with Gasteiger partial charge in [0, 0.05) is 18.5 Å². The molecule has 1 unspecified atom stereocenters. The molecule has 1 aliphatic rings. The van der Waals surface area contributed by atoms with Crippen molar-refractivity contribution in [2.45, 2.75) is 25.9 Å². The lowest BCUT2D eigenvalue weighted by Crippen LogP contribution is -2.39. The molecule has 3 rings (SSSR count). The Hall–Kier alpha value is -1.72. The quantitative estimate of drug-likeness (QED) is 0.886. The van der Waals surface area contributed by atoms with Crippen LogP contribution in [0.5, 0.6) is 0 Å². The molecule has 1 aliphatic heterocycles. The number of piperidine rings is 1. The van der Waals surface area contributed by atoms with Crippen LogP contribution in [0.4, 0.5) is 5.82 Å². The smallest absolute Gasteiger partial charge is 0.137 e. The third kappa shape index (κ3) is 3.72. The zero-order chi connectivity index (χ0) is 15.4. The van der Waals surface area contributed by atoms with Crippen molar-refractivity contribution in [1.29, 1.82) is 0 Å². The van der Waals surface area contributed by atoms with E-state index in [2.05, 4.69) is 26.3 Å². The topological polar surface area (TPSA) is 61.3 Å². The van der Waals surface area contributed by atoms with E-state index >= 15 is 0 Å². The number of aromatic nitrogens is 2. The predicted molar refractivity (Wildman–Crippen MR) is 88.9 cm³/mol. The third-order valence-corrected chi connectivity index (χ3v) is 4.33. The second kappa shape index (κ2) is 7.03. The average Bonchev–Trinajstić information content (AvgIpc) is 2.54. The number of rotatable bonds is 5. The van der Waals surface area contributed by atoms with Crippen LogP contribution in [-0.4, -0.2) is 52.3 Å². The van der Waals surface area contributed by atoms with Gasteiger partial charge >= 0.3 is 0 Å². The number of aliphatic hydroxyl groups is 1. The van der Waals surface area contributed by atoms with E-state index in [1.165, 1.54) is 12.8 Å². The summed E-state index contributed by atoms with van der Waals surface area (Å²) >= 11 is 0. The molecule has 2 aromatic rings. The molecule has 0 radical (unpaired) electrons. The van der Waals surface area contributed by atoms with Gasteiger partial charge in [0.05, 0.1) is 11.6 Å². The Balaban J connectivity index is 1.55. The summed E-state index contributed by atoms with van der Waals surface area (Å²) in [7, 11) is 0. The Labute approximate surface area is 131 Å². The van der Waals surface area contributed by atoms with Gasteiger partial charge in [0.25, 0.3) is 0 Å². The van der Waals surface area contributed by atoms with E-state index in [0.29, 0.717) is 5.92 Å². The molecule has 2 heterocycles. The SMILES string of the molecule is CC(O)CN1CCC(CNc2ncnc3ccccc23)CC1. The van der Waals surface area contributed by atoms with Crippen molar-refractivity contribution < 1.29 is 5.11 Å². The normalized spacial score (nSPS) is 18.5. The van der Waals surface area contributed by atoms with Crippen molar-refractivity contribution >= 4 is 16.7 Å². The van der Waals surface area contributed by atoms with E-state index in [-0.39, 0.29) is 6.10 Å². The summed E-state index contributed by atoms with van der Waals surface area (Å²) in [5.74, 6) is 1.59. The van der Waals surface area contributed by atoms with Crippen molar-refractivity contribution in [3.63, 3.8) is 0 Å². The van der Waals surface area contributed by atoms with Gasteiger partial charge in [-0.2, -0.15) is 0 Å². The first-order valence-corrected chi connectivity index (χ1v) is 8.06. The third-order valence-electron chi connectivity index (χ3n) is 4.33. The van der Waals surface area contributed by atoms with E-state index in [9.17, 15) is 5.11 Å². The lowest BCUT2D eigenvalue weighted by molar-refractivity contribution is 0.102. The maximum absolute atomic E-state index is 9.45. The predicted octanol–water partition coefficient (Wildman–Crippen LogP) is 2.13. The van der Waals surface area contributed by atoms with Crippen molar-refractivity contribution in [3.8, 4) is 0 Å². The molecule has 0 saturated carbocycles. The van der Waals surface area contributed by atoms with Gasteiger partial charge in [-0.05, 0) is 50.9 Å².